The molecular weight excluding hydrogens is 276 g/mol. The lowest BCUT2D eigenvalue weighted by atomic mass is 9.94. The van der Waals surface area contributed by atoms with Crippen molar-refractivity contribution in [2.45, 2.75) is 38.1 Å². The van der Waals surface area contributed by atoms with Crippen LogP contribution in [0.2, 0.25) is 0 Å². The van der Waals surface area contributed by atoms with E-state index in [1.165, 1.54) is 19.3 Å². The van der Waals surface area contributed by atoms with E-state index in [9.17, 15) is 4.79 Å². The summed E-state index contributed by atoms with van der Waals surface area (Å²) in [6.07, 6.45) is 7.68. The van der Waals surface area contributed by atoms with Crippen LogP contribution in [-0.4, -0.2) is 22.0 Å². The summed E-state index contributed by atoms with van der Waals surface area (Å²) >= 11 is 6.95. The number of nitrogens with one attached hydrogen (secondary N) is 1. The van der Waals surface area contributed by atoms with E-state index in [4.69, 9.17) is 12.2 Å². The Morgan fingerprint density at radius 1 is 1.37 bits per heavy atom. The maximum Gasteiger partial charge on any atom is 0.276 e. The summed E-state index contributed by atoms with van der Waals surface area (Å²) < 4.78 is 0. The van der Waals surface area contributed by atoms with Gasteiger partial charge in [-0.3, -0.25) is 9.69 Å². The lowest BCUT2D eigenvalue weighted by molar-refractivity contribution is -0.124. The fourth-order valence-corrected chi connectivity index (χ4v) is 3.70. The highest BCUT2D eigenvalue weighted by Gasteiger charge is 2.36. The number of hydrogen-bond donors (Lipinski definition) is 1. The third kappa shape index (κ3) is 2.58. The highest BCUT2D eigenvalue weighted by molar-refractivity contribution is 7.80. The van der Waals surface area contributed by atoms with E-state index in [0.717, 1.165) is 18.4 Å². The van der Waals surface area contributed by atoms with Gasteiger partial charge >= 0.3 is 0 Å². The van der Waals surface area contributed by atoms with Crippen molar-refractivity contribution in [1.82, 2.24) is 10.2 Å². The second-order valence-corrected chi connectivity index (χ2v) is 6.18. The van der Waals surface area contributed by atoms with Crippen LogP contribution in [0.15, 0.2) is 22.5 Å². The van der Waals surface area contributed by atoms with E-state index >= 15 is 0 Å². The Morgan fingerprint density at radius 2 is 2.16 bits per heavy atom. The lowest BCUT2D eigenvalue weighted by Crippen LogP contribution is -2.41. The van der Waals surface area contributed by atoms with E-state index in [1.807, 2.05) is 22.9 Å². The Morgan fingerprint density at radius 3 is 2.84 bits per heavy atom. The third-order valence-corrected chi connectivity index (χ3v) is 4.70. The van der Waals surface area contributed by atoms with Crippen molar-refractivity contribution in [2.75, 3.05) is 0 Å². The Hall–Kier alpha value is -1.20. The molecule has 0 atom stereocenters. The quantitative estimate of drug-likeness (QED) is 0.671. The van der Waals surface area contributed by atoms with E-state index < -0.39 is 0 Å². The molecule has 1 saturated heterocycles. The Labute approximate surface area is 122 Å². The minimum absolute atomic E-state index is 0.0306. The van der Waals surface area contributed by atoms with Crippen molar-refractivity contribution in [2.24, 2.45) is 0 Å². The molecule has 3 nitrogen and oxygen atoms in total. The number of thiophene rings is 1. The zero-order chi connectivity index (χ0) is 13.2. The molecule has 2 fully saturated rings. The molecular formula is C14H16N2OS2. The van der Waals surface area contributed by atoms with Gasteiger partial charge in [0.15, 0.2) is 5.11 Å². The number of amides is 1. The molecule has 0 bridgehead atoms. The number of carbonyl (C=O) groups is 1. The van der Waals surface area contributed by atoms with Gasteiger partial charge in [-0.25, -0.2) is 0 Å². The van der Waals surface area contributed by atoms with Crippen LogP contribution < -0.4 is 5.32 Å². The number of thiocarbonyl (C=S) groups is 1. The van der Waals surface area contributed by atoms with Gasteiger partial charge in [-0.2, -0.15) is 11.3 Å². The average Bonchev–Trinajstić information content (AvgIpc) is 3.01. The molecule has 0 unspecified atom stereocenters. The summed E-state index contributed by atoms with van der Waals surface area (Å²) in [7, 11) is 0. The second kappa shape index (κ2) is 5.43. The van der Waals surface area contributed by atoms with Crippen LogP contribution in [0, 0.1) is 0 Å². The molecule has 3 rings (SSSR count). The topological polar surface area (TPSA) is 32.3 Å². The van der Waals surface area contributed by atoms with Crippen LogP contribution in [0.5, 0.6) is 0 Å². The maximum absolute atomic E-state index is 12.5. The molecule has 2 heterocycles. The van der Waals surface area contributed by atoms with Crippen molar-refractivity contribution >= 4 is 40.7 Å². The molecule has 1 aliphatic carbocycles. The zero-order valence-corrected chi connectivity index (χ0v) is 12.2. The second-order valence-electron chi connectivity index (χ2n) is 5.01. The first-order valence-corrected chi connectivity index (χ1v) is 7.99. The first-order chi connectivity index (χ1) is 9.25. The fourth-order valence-electron chi connectivity index (χ4n) is 2.74. The molecule has 1 aliphatic heterocycles. The Bertz CT molecular complexity index is 516. The van der Waals surface area contributed by atoms with Crippen molar-refractivity contribution in [1.29, 1.82) is 0 Å². The van der Waals surface area contributed by atoms with Gasteiger partial charge in [0, 0.05) is 6.04 Å². The predicted octanol–water partition coefficient (Wildman–Crippen LogP) is 3.14. The first kappa shape index (κ1) is 12.8. The number of carbonyl (C=O) groups excluding carboxylic acids is 1. The van der Waals surface area contributed by atoms with Crippen molar-refractivity contribution in [3.05, 3.63) is 28.1 Å². The van der Waals surface area contributed by atoms with E-state index in [-0.39, 0.29) is 11.9 Å². The Kier molecular flexibility index (Phi) is 3.66. The summed E-state index contributed by atoms with van der Waals surface area (Å²) in [6.45, 7) is 0. The minimum Gasteiger partial charge on any atom is -0.328 e. The normalized spacial score (nSPS) is 23.2. The summed E-state index contributed by atoms with van der Waals surface area (Å²) in [6, 6.07) is 2.29. The van der Waals surface area contributed by atoms with Crippen molar-refractivity contribution in [3.8, 4) is 0 Å². The molecule has 1 aromatic heterocycles. The Balaban J connectivity index is 1.80. The molecule has 1 aromatic rings. The van der Waals surface area contributed by atoms with Gasteiger partial charge in [-0.05, 0) is 53.5 Å². The first-order valence-electron chi connectivity index (χ1n) is 6.64. The molecule has 0 spiro atoms. The summed E-state index contributed by atoms with van der Waals surface area (Å²) in [5.41, 5.74) is 1.66. The lowest BCUT2D eigenvalue weighted by Gasteiger charge is -2.29. The van der Waals surface area contributed by atoms with Crippen molar-refractivity contribution in [3.63, 3.8) is 0 Å². The molecule has 1 N–H and O–H groups in total. The van der Waals surface area contributed by atoms with E-state index in [2.05, 4.69) is 5.32 Å². The van der Waals surface area contributed by atoms with Crippen LogP contribution >= 0.6 is 23.6 Å². The van der Waals surface area contributed by atoms with Gasteiger partial charge in [0.25, 0.3) is 5.91 Å². The van der Waals surface area contributed by atoms with E-state index in [0.29, 0.717) is 10.8 Å². The molecule has 100 valence electrons. The monoisotopic (exact) mass is 292 g/mol. The van der Waals surface area contributed by atoms with Crippen LogP contribution in [0.3, 0.4) is 0 Å². The molecule has 0 aromatic carbocycles. The molecule has 19 heavy (non-hydrogen) atoms. The molecule has 0 radical (unpaired) electrons. The predicted molar refractivity (Wildman–Crippen MR) is 81.7 cm³/mol. The molecule has 1 amide bonds. The van der Waals surface area contributed by atoms with Crippen LogP contribution in [0.1, 0.15) is 37.7 Å². The van der Waals surface area contributed by atoms with Gasteiger partial charge in [-0.15, -0.1) is 0 Å². The summed E-state index contributed by atoms with van der Waals surface area (Å²) in [5, 5.41) is 7.66. The van der Waals surface area contributed by atoms with Gasteiger partial charge in [0.2, 0.25) is 0 Å². The SMILES string of the molecule is O=C1/C(=C/c2ccsc2)NC(=S)N1C1CCCCC1. The highest BCUT2D eigenvalue weighted by atomic mass is 32.1. The summed E-state index contributed by atoms with van der Waals surface area (Å²) in [4.78, 5) is 14.2. The molecule has 1 saturated carbocycles. The van der Waals surface area contributed by atoms with Gasteiger partial charge in [0.1, 0.15) is 5.70 Å². The fraction of sp³-hybridized carbons (Fsp3) is 0.429. The smallest absolute Gasteiger partial charge is 0.276 e. The standard InChI is InChI=1S/C14H16N2OS2/c17-13-12(8-10-6-7-19-9-10)15-14(18)16(13)11-4-2-1-3-5-11/h6-9,11H,1-5H2,(H,15,18)/b12-8-. The van der Waals surface area contributed by atoms with Gasteiger partial charge in [-0.1, -0.05) is 19.3 Å². The number of nitrogens with zero attached hydrogens (tertiary/aromatic N) is 1. The number of rotatable bonds is 2. The number of hydrogen-bond acceptors (Lipinski definition) is 3. The summed E-state index contributed by atoms with van der Waals surface area (Å²) in [5.74, 6) is 0.0306. The van der Waals surface area contributed by atoms with Crippen LogP contribution in [-0.2, 0) is 4.79 Å². The molecule has 2 aliphatic rings. The zero-order valence-electron chi connectivity index (χ0n) is 10.6. The van der Waals surface area contributed by atoms with Gasteiger partial charge < -0.3 is 5.32 Å². The molecule has 5 heteroatoms. The van der Waals surface area contributed by atoms with Crippen LogP contribution in [0.25, 0.3) is 6.08 Å². The average molecular weight is 292 g/mol. The minimum atomic E-state index is 0.0306. The van der Waals surface area contributed by atoms with E-state index in [1.54, 1.807) is 16.2 Å². The van der Waals surface area contributed by atoms with Gasteiger partial charge in [0.05, 0.1) is 0 Å². The largest absolute Gasteiger partial charge is 0.328 e. The third-order valence-electron chi connectivity index (χ3n) is 3.70. The maximum atomic E-state index is 12.5. The highest BCUT2D eigenvalue weighted by Crippen LogP contribution is 2.27. The van der Waals surface area contributed by atoms with Crippen molar-refractivity contribution < 1.29 is 4.79 Å². The van der Waals surface area contributed by atoms with Crippen LogP contribution in [0.4, 0.5) is 0 Å².